The number of nitrogens with one attached hydrogen (secondary N) is 2. The molecule has 5 aromatic rings. The van der Waals surface area contributed by atoms with Crippen molar-refractivity contribution in [1.82, 2.24) is 10.5 Å². The van der Waals surface area contributed by atoms with Crippen LogP contribution in [0.15, 0.2) is 102 Å². The lowest BCUT2D eigenvalue weighted by Crippen LogP contribution is -2.42. The van der Waals surface area contributed by atoms with Gasteiger partial charge >= 0.3 is 11.9 Å². The van der Waals surface area contributed by atoms with E-state index in [0.717, 1.165) is 12.8 Å². The molecule has 0 spiro atoms. The molecule has 1 heterocycles. The van der Waals surface area contributed by atoms with Crippen LogP contribution < -0.4 is 20.1 Å². The summed E-state index contributed by atoms with van der Waals surface area (Å²) in [6.07, 6.45) is 5.74. The Balaban J connectivity index is 1.10. The van der Waals surface area contributed by atoms with E-state index in [9.17, 15) is 24.3 Å². The lowest BCUT2D eigenvalue weighted by Gasteiger charge is -2.15. The quantitative estimate of drug-likeness (QED) is 0.0570. The number of aliphatic carboxylic acids is 1. The van der Waals surface area contributed by atoms with E-state index in [0.29, 0.717) is 45.9 Å². The topological polar surface area (TPSA) is 157 Å². The molecule has 0 radical (unpaired) electrons. The number of benzene rings is 4. The van der Waals surface area contributed by atoms with E-state index in [4.69, 9.17) is 14.0 Å². The fourth-order valence-electron chi connectivity index (χ4n) is 5.06. The zero-order chi connectivity index (χ0) is 34.6. The van der Waals surface area contributed by atoms with Gasteiger partial charge < -0.3 is 29.7 Å². The first kappa shape index (κ1) is 34.4. The highest BCUT2D eigenvalue weighted by Crippen LogP contribution is 2.21. The molecule has 0 saturated heterocycles. The summed E-state index contributed by atoms with van der Waals surface area (Å²) in [5.41, 5.74) is 2.22. The number of para-hydroxylation sites is 1. The number of carbonyl (C=O) groups excluding carboxylic acids is 3. The normalized spacial score (nSPS) is 11.4. The van der Waals surface area contributed by atoms with Gasteiger partial charge in [0.15, 0.2) is 11.3 Å². The second-order valence-corrected chi connectivity index (χ2v) is 11.4. The Morgan fingerprint density at radius 2 is 1.45 bits per heavy atom. The van der Waals surface area contributed by atoms with Gasteiger partial charge in [0.2, 0.25) is 0 Å². The van der Waals surface area contributed by atoms with Gasteiger partial charge in [0.1, 0.15) is 17.5 Å². The fraction of sp³-hybridized carbons (Fsp3) is 0.237. The van der Waals surface area contributed by atoms with Crippen LogP contribution >= 0.6 is 0 Å². The fourth-order valence-corrected chi connectivity index (χ4v) is 5.06. The molecule has 3 N–H and O–H groups in total. The highest BCUT2D eigenvalue weighted by Gasteiger charge is 2.22. The summed E-state index contributed by atoms with van der Waals surface area (Å²) in [6, 6.07) is 24.9. The van der Waals surface area contributed by atoms with E-state index < -0.39 is 29.8 Å². The second-order valence-electron chi connectivity index (χ2n) is 11.4. The van der Waals surface area contributed by atoms with Crippen LogP contribution in [0.2, 0.25) is 0 Å². The van der Waals surface area contributed by atoms with Crippen LogP contribution in [-0.2, 0) is 11.2 Å². The van der Waals surface area contributed by atoms with Crippen molar-refractivity contribution in [3.8, 4) is 11.5 Å². The van der Waals surface area contributed by atoms with E-state index >= 15 is 0 Å². The summed E-state index contributed by atoms with van der Waals surface area (Å²) in [5, 5.41) is 19.5. The van der Waals surface area contributed by atoms with Crippen LogP contribution in [0.4, 0.5) is 5.69 Å². The van der Waals surface area contributed by atoms with Crippen LogP contribution in [0.3, 0.4) is 0 Å². The van der Waals surface area contributed by atoms with Crippen molar-refractivity contribution in [3.05, 3.63) is 119 Å². The summed E-state index contributed by atoms with van der Waals surface area (Å²) in [7, 11) is 0. The third-order valence-electron chi connectivity index (χ3n) is 7.78. The molecular formula is C38H37N3O8. The molecule has 49 heavy (non-hydrogen) atoms. The zero-order valence-corrected chi connectivity index (χ0v) is 27.0. The first-order valence-electron chi connectivity index (χ1n) is 16.1. The number of aromatic nitrogens is 1. The van der Waals surface area contributed by atoms with E-state index in [1.54, 1.807) is 72.8 Å². The molecule has 252 valence electrons. The molecule has 4 aromatic carbocycles. The Morgan fingerprint density at radius 3 is 2.16 bits per heavy atom. The average Bonchev–Trinajstić information content (AvgIpc) is 3.55. The van der Waals surface area contributed by atoms with E-state index in [1.807, 2.05) is 0 Å². The summed E-state index contributed by atoms with van der Waals surface area (Å²) < 4.78 is 16.4. The molecular weight excluding hydrogens is 626 g/mol. The SMILES string of the molecule is CCCCCCCOc1ccc(C(=O)Oc2ccc(C[C@H](NC(=O)c3ccc(NC(=O)c4noc5ccccc45)cc3)C(=O)O)cc2)cc1. The number of fused-ring (bicyclic) bond motifs is 1. The number of esters is 1. The summed E-state index contributed by atoms with van der Waals surface area (Å²) in [6.45, 7) is 2.81. The van der Waals surface area contributed by atoms with Gasteiger partial charge in [0, 0.05) is 17.7 Å². The highest BCUT2D eigenvalue weighted by molar-refractivity contribution is 6.10. The number of hydrogen-bond donors (Lipinski definition) is 3. The number of carboxylic acids is 1. The van der Waals surface area contributed by atoms with Gasteiger partial charge in [-0.1, -0.05) is 62.0 Å². The minimum atomic E-state index is -1.22. The predicted molar refractivity (Wildman–Crippen MR) is 183 cm³/mol. The van der Waals surface area contributed by atoms with E-state index in [-0.39, 0.29) is 17.7 Å². The molecule has 0 aliphatic carbocycles. The first-order valence-corrected chi connectivity index (χ1v) is 16.1. The minimum absolute atomic E-state index is 0.00480. The number of anilines is 1. The van der Waals surface area contributed by atoms with Crippen molar-refractivity contribution in [2.24, 2.45) is 0 Å². The average molecular weight is 664 g/mol. The van der Waals surface area contributed by atoms with Crippen molar-refractivity contribution in [1.29, 1.82) is 0 Å². The number of unbranched alkanes of at least 4 members (excludes halogenated alkanes) is 4. The summed E-state index contributed by atoms with van der Waals surface area (Å²) in [5.74, 6) is -1.84. The van der Waals surface area contributed by atoms with Gasteiger partial charge in [-0.25, -0.2) is 9.59 Å². The maximum Gasteiger partial charge on any atom is 0.343 e. The molecule has 11 heteroatoms. The summed E-state index contributed by atoms with van der Waals surface area (Å²) >= 11 is 0. The first-order chi connectivity index (χ1) is 23.8. The number of ether oxygens (including phenoxy) is 2. The Bertz CT molecular complexity index is 1880. The standard InChI is InChI=1S/C38H37N3O8/c1-2-3-4-5-8-23-47-29-21-15-27(16-22-29)38(46)48-30-19-11-25(12-20-30)24-32(37(44)45)40-35(42)26-13-17-28(18-14-26)39-36(43)34-31-9-6-7-10-33(31)49-41-34/h6-7,9-22,32H,2-5,8,23-24H2,1H3,(H,39,43)(H,40,42)(H,44,45)/t32-/m0/s1. The van der Waals surface area contributed by atoms with Crippen LogP contribution in [0.1, 0.15) is 75.8 Å². The lowest BCUT2D eigenvalue weighted by molar-refractivity contribution is -0.139. The van der Waals surface area contributed by atoms with Gasteiger partial charge in [-0.2, -0.15) is 0 Å². The predicted octanol–water partition coefficient (Wildman–Crippen LogP) is 7.07. The van der Waals surface area contributed by atoms with Crippen LogP contribution in [0.25, 0.3) is 11.0 Å². The van der Waals surface area contributed by atoms with Gasteiger partial charge in [-0.3, -0.25) is 9.59 Å². The van der Waals surface area contributed by atoms with Crippen molar-refractivity contribution >= 4 is 40.4 Å². The summed E-state index contributed by atoms with van der Waals surface area (Å²) in [4.78, 5) is 50.3. The number of hydrogen-bond acceptors (Lipinski definition) is 8. The van der Waals surface area contributed by atoms with Crippen molar-refractivity contribution in [2.75, 3.05) is 11.9 Å². The van der Waals surface area contributed by atoms with Crippen molar-refractivity contribution in [2.45, 2.75) is 51.5 Å². The maximum atomic E-state index is 12.9. The van der Waals surface area contributed by atoms with Crippen LogP contribution in [0, 0.1) is 0 Å². The van der Waals surface area contributed by atoms with Gasteiger partial charge in [0.25, 0.3) is 11.8 Å². The number of amides is 2. The van der Waals surface area contributed by atoms with Crippen LogP contribution in [0.5, 0.6) is 11.5 Å². The third-order valence-corrected chi connectivity index (χ3v) is 7.78. The second kappa shape index (κ2) is 16.7. The van der Waals surface area contributed by atoms with E-state index in [1.165, 1.54) is 43.5 Å². The molecule has 0 aliphatic rings. The van der Waals surface area contributed by atoms with Crippen molar-refractivity contribution < 1.29 is 38.3 Å². The largest absolute Gasteiger partial charge is 0.494 e. The molecule has 1 atom stereocenters. The monoisotopic (exact) mass is 663 g/mol. The molecule has 1 aromatic heterocycles. The zero-order valence-electron chi connectivity index (χ0n) is 27.0. The molecule has 0 aliphatic heterocycles. The molecule has 0 saturated carbocycles. The highest BCUT2D eigenvalue weighted by atomic mass is 16.5. The molecule has 0 bridgehead atoms. The van der Waals surface area contributed by atoms with Crippen molar-refractivity contribution in [3.63, 3.8) is 0 Å². The van der Waals surface area contributed by atoms with Crippen LogP contribution in [-0.4, -0.2) is 46.7 Å². The Morgan fingerprint density at radius 1 is 0.776 bits per heavy atom. The molecule has 11 nitrogen and oxygen atoms in total. The Kier molecular flexibility index (Phi) is 11.7. The van der Waals surface area contributed by atoms with Gasteiger partial charge in [-0.05, 0) is 84.8 Å². The number of rotatable bonds is 16. The Labute approximate surface area is 283 Å². The molecule has 0 fully saturated rings. The lowest BCUT2D eigenvalue weighted by atomic mass is 10.0. The Hall–Kier alpha value is -5.97. The van der Waals surface area contributed by atoms with E-state index in [2.05, 4.69) is 22.7 Å². The number of carbonyl (C=O) groups is 4. The smallest absolute Gasteiger partial charge is 0.343 e. The molecule has 0 unspecified atom stereocenters. The third kappa shape index (κ3) is 9.54. The number of nitrogens with zero attached hydrogens (tertiary/aromatic N) is 1. The molecule has 5 rings (SSSR count). The minimum Gasteiger partial charge on any atom is -0.494 e. The maximum absolute atomic E-state index is 12.9. The van der Waals surface area contributed by atoms with Gasteiger partial charge in [-0.15, -0.1) is 0 Å². The molecule has 2 amide bonds. The number of carboxylic acid groups (broad SMARTS) is 1. The van der Waals surface area contributed by atoms with Gasteiger partial charge in [0.05, 0.1) is 17.6 Å².